The molecule has 0 saturated carbocycles. The van der Waals surface area contributed by atoms with E-state index >= 15 is 0 Å². The van der Waals surface area contributed by atoms with Crippen molar-refractivity contribution < 1.29 is 19.1 Å². The zero-order chi connectivity index (χ0) is 13.3. The van der Waals surface area contributed by atoms with Crippen LogP contribution in [-0.2, 0) is 11.2 Å². The molecular formula is C13H15NO4. The van der Waals surface area contributed by atoms with E-state index in [1.807, 2.05) is 0 Å². The maximum absolute atomic E-state index is 12.1. The van der Waals surface area contributed by atoms with Crippen LogP contribution in [0.15, 0.2) is 12.1 Å². The Labute approximate surface area is 105 Å². The number of ether oxygens (including phenoxy) is 2. The number of fused-ring (bicyclic) bond motifs is 1. The van der Waals surface area contributed by atoms with Gasteiger partial charge in [0.05, 0.1) is 14.2 Å². The fourth-order valence-corrected chi connectivity index (χ4v) is 2.03. The summed E-state index contributed by atoms with van der Waals surface area (Å²) in [4.78, 5) is 24.9. The van der Waals surface area contributed by atoms with Crippen LogP contribution >= 0.6 is 0 Å². The lowest BCUT2D eigenvalue weighted by molar-refractivity contribution is -0.127. The van der Waals surface area contributed by atoms with Gasteiger partial charge in [-0.1, -0.05) is 0 Å². The first-order valence-electron chi connectivity index (χ1n) is 5.64. The molecule has 0 spiro atoms. The number of hydrogen-bond donors (Lipinski definition) is 0. The van der Waals surface area contributed by atoms with Gasteiger partial charge >= 0.3 is 0 Å². The smallest absolute Gasteiger partial charge is 0.260 e. The molecule has 1 aromatic carbocycles. The van der Waals surface area contributed by atoms with Crippen molar-refractivity contribution in [2.45, 2.75) is 12.8 Å². The normalized spacial score (nSPS) is 15.2. The molecule has 5 heteroatoms. The van der Waals surface area contributed by atoms with Crippen LogP contribution in [0.2, 0.25) is 0 Å². The summed E-state index contributed by atoms with van der Waals surface area (Å²) in [6, 6.07) is 3.39. The van der Waals surface area contributed by atoms with Crippen molar-refractivity contribution in [3.63, 3.8) is 0 Å². The van der Waals surface area contributed by atoms with Gasteiger partial charge in [-0.05, 0) is 24.1 Å². The summed E-state index contributed by atoms with van der Waals surface area (Å²) in [5.41, 5.74) is 1.32. The Balaban J connectivity index is 2.56. The fourth-order valence-electron chi connectivity index (χ4n) is 2.03. The predicted octanol–water partition coefficient (Wildman–Crippen LogP) is 1.25. The molecule has 2 rings (SSSR count). The van der Waals surface area contributed by atoms with Crippen LogP contribution in [-0.4, -0.2) is 38.0 Å². The fraction of sp³-hybridized carbons (Fsp3) is 0.385. The number of aryl methyl sites for hydroxylation is 1. The first kappa shape index (κ1) is 12.4. The molecule has 0 atom stereocenters. The Hall–Kier alpha value is -2.04. The number of benzene rings is 1. The molecule has 0 unspecified atom stereocenters. The standard InChI is InChI=1S/C13H15NO4/c1-14-12(15)5-4-8-6-10(17-2)11(18-3)7-9(8)13(14)16/h6-7H,4-5H2,1-3H3. The van der Waals surface area contributed by atoms with Crippen LogP contribution in [0, 0.1) is 0 Å². The highest BCUT2D eigenvalue weighted by Crippen LogP contribution is 2.32. The first-order valence-corrected chi connectivity index (χ1v) is 5.64. The van der Waals surface area contributed by atoms with E-state index in [9.17, 15) is 9.59 Å². The van der Waals surface area contributed by atoms with Gasteiger partial charge in [0.25, 0.3) is 5.91 Å². The molecule has 18 heavy (non-hydrogen) atoms. The summed E-state index contributed by atoms with van der Waals surface area (Å²) in [5.74, 6) is 0.594. The van der Waals surface area contributed by atoms with Gasteiger partial charge in [0.2, 0.25) is 5.91 Å². The minimum atomic E-state index is -0.298. The minimum Gasteiger partial charge on any atom is -0.493 e. The van der Waals surface area contributed by atoms with Crippen LogP contribution in [0.5, 0.6) is 11.5 Å². The predicted molar refractivity (Wildman–Crippen MR) is 65.0 cm³/mol. The number of rotatable bonds is 2. The van der Waals surface area contributed by atoms with E-state index in [-0.39, 0.29) is 11.8 Å². The summed E-state index contributed by atoms with van der Waals surface area (Å²) >= 11 is 0. The monoisotopic (exact) mass is 249 g/mol. The number of amides is 2. The zero-order valence-corrected chi connectivity index (χ0v) is 10.6. The third-order valence-corrected chi connectivity index (χ3v) is 3.13. The average Bonchev–Trinajstić information content (AvgIpc) is 2.50. The zero-order valence-electron chi connectivity index (χ0n) is 10.6. The van der Waals surface area contributed by atoms with Gasteiger partial charge in [0, 0.05) is 19.0 Å². The number of carbonyl (C=O) groups excluding carboxylic acids is 2. The van der Waals surface area contributed by atoms with Crippen molar-refractivity contribution in [1.29, 1.82) is 0 Å². The summed E-state index contributed by atoms with van der Waals surface area (Å²) in [7, 11) is 4.55. The highest BCUT2D eigenvalue weighted by molar-refractivity contribution is 6.06. The lowest BCUT2D eigenvalue weighted by Gasteiger charge is -2.14. The van der Waals surface area contributed by atoms with Gasteiger partial charge in [-0.2, -0.15) is 0 Å². The summed E-state index contributed by atoms with van der Waals surface area (Å²) < 4.78 is 10.4. The molecule has 1 heterocycles. The molecule has 0 bridgehead atoms. The quantitative estimate of drug-likeness (QED) is 0.740. The maximum Gasteiger partial charge on any atom is 0.260 e. The highest BCUT2D eigenvalue weighted by Gasteiger charge is 2.26. The molecule has 0 aliphatic carbocycles. The summed E-state index contributed by atoms with van der Waals surface area (Å²) in [5, 5.41) is 0. The second-order valence-corrected chi connectivity index (χ2v) is 4.12. The molecule has 96 valence electrons. The Kier molecular flexibility index (Phi) is 3.23. The van der Waals surface area contributed by atoms with E-state index in [1.54, 1.807) is 19.2 Å². The van der Waals surface area contributed by atoms with Gasteiger partial charge in [-0.3, -0.25) is 14.5 Å². The largest absolute Gasteiger partial charge is 0.493 e. The third kappa shape index (κ3) is 1.92. The van der Waals surface area contributed by atoms with Gasteiger partial charge in [0.15, 0.2) is 11.5 Å². The molecule has 2 amide bonds. The van der Waals surface area contributed by atoms with Crippen molar-refractivity contribution in [2.24, 2.45) is 0 Å². The number of imide groups is 1. The number of nitrogens with zero attached hydrogens (tertiary/aromatic N) is 1. The average molecular weight is 249 g/mol. The van der Waals surface area contributed by atoms with Gasteiger partial charge < -0.3 is 9.47 Å². The summed E-state index contributed by atoms with van der Waals surface area (Å²) in [6.07, 6.45) is 0.856. The van der Waals surface area contributed by atoms with E-state index in [2.05, 4.69) is 0 Å². The van der Waals surface area contributed by atoms with Crippen molar-refractivity contribution in [3.8, 4) is 11.5 Å². The van der Waals surface area contributed by atoms with E-state index in [0.29, 0.717) is 29.9 Å². The van der Waals surface area contributed by atoms with Crippen LogP contribution in [0.4, 0.5) is 0 Å². The molecule has 1 aliphatic heterocycles. The van der Waals surface area contributed by atoms with E-state index < -0.39 is 0 Å². The van der Waals surface area contributed by atoms with Crippen LogP contribution in [0.25, 0.3) is 0 Å². The Morgan fingerprint density at radius 1 is 1.06 bits per heavy atom. The molecule has 5 nitrogen and oxygen atoms in total. The van der Waals surface area contributed by atoms with E-state index in [4.69, 9.17) is 9.47 Å². The molecule has 0 saturated heterocycles. The first-order chi connectivity index (χ1) is 8.58. The lowest BCUT2D eigenvalue weighted by atomic mass is 10.0. The Bertz CT molecular complexity index is 510. The molecular weight excluding hydrogens is 234 g/mol. The third-order valence-electron chi connectivity index (χ3n) is 3.13. The molecule has 0 aromatic heterocycles. The number of methoxy groups -OCH3 is 2. The van der Waals surface area contributed by atoms with Crippen molar-refractivity contribution in [1.82, 2.24) is 4.90 Å². The molecule has 0 fully saturated rings. The van der Waals surface area contributed by atoms with Crippen molar-refractivity contribution in [2.75, 3.05) is 21.3 Å². The minimum absolute atomic E-state index is 0.172. The van der Waals surface area contributed by atoms with Crippen LogP contribution in [0.1, 0.15) is 22.3 Å². The molecule has 1 aromatic rings. The number of carbonyl (C=O) groups is 2. The van der Waals surface area contributed by atoms with Gasteiger partial charge in [0.1, 0.15) is 0 Å². The Morgan fingerprint density at radius 2 is 1.67 bits per heavy atom. The van der Waals surface area contributed by atoms with Crippen LogP contribution in [0.3, 0.4) is 0 Å². The second-order valence-electron chi connectivity index (χ2n) is 4.12. The highest BCUT2D eigenvalue weighted by atomic mass is 16.5. The molecule has 1 aliphatic rings. The van der Waals surface area contributed by atoms with E-state index in [1.165, 1.54) is 14.2 Å². The van der Waals surface area contributed by atoms with Gasteiger partial charge in [-0.25, -0.2) is 0 Å². The summed E-state index contributed by atoms with van der Waals surface area (Å²) in [6.45, 7) is 0. The molecule has 0 radical (unpaired) electrons. The maximum atomic E-state index is 12.1. The Morgan fingerprint density at radius 3 is 2.28 bits per heavy atom. The lowest BCUT2D eigenvalue weighted by Crippen LogP contribution is -2.31. The molecule has 0 N–H and O–H groups in total. The van der Waals surface area contributed by atoms with E-state index in [0.717, 1.165) is 10.5 Å². The topological polar surface area (TPSA) is 55.8 Å². The van der Waals surface area contributed by atoms with Crippen molar-refractivity contribution >= 4 is 11.8 Å². The van der Waals surface area contributed by atoms with Crippen LogP contribution < -0.4 is 9.47 Å². The SMILES string of the molecule is COc1cc2c(cc1OC)C(=O)N(C)C(=O)CC2. The van der Waals surface area contributed by atoms with Crippen molar-refractivity contribution in [3.05, 3.63) is 23.3 Å². The second kappa shape index (κ2) is 4.68. The van der Waals surface area contributed by atoms with Gasteiger partial charge in [-0.15, -0.1) is 0 Å². The number of hydrogen-bond acceptors (Lipinski definition) is 4.